The number of cyclic esters (lactones) is 1. The third kappa shape index (κ3) is 10.1. The van der Waals surface area contributed by atoms with E-state index in [1.807, 2.05) is 6.92 Å². The van der Waals surface area contributed by atoms with E-state index in [0.29, 0.717) is 31.8 Å². The minimum Gasteiger partial charge on any atom is -0.465 e. The topological polar surface area (TPSA) is 113 Å². The number of aliphatic hydroxyl groups is 3. The lowest BCUT2D eigenvalue weighted by atomic mass is 9.48. The Labute approximate surface area is 311 Å². The lowest BCUT2D eigenvalue weighted by Gasteiger charge is -2.56. The quantitative estimate of drug-likeness (QED) is 0.0849. The molecule has 4 aliphatic rings. The normalized spacial score (nSPS) is 35.9. The van der Waals surface area contributed by atoms with Crippen LogP contribution in [0.25, 0.3) is 0 Å². The molecule has 7 nitrogen and oxygen atoms in total. The van der Waals surface area contributed by atoms with Gasteiger partial charge in [0, 0.05) is 12.8 Å². The van der Waals surface area contributed by atoms with Gasteiger partial charge >= 0.3 is 11.9 Å². The molecular formula is C44H78O7. The summed E-state index contributed by atoms with van der Waals surface area (Å²) in [6.07, 6.45) is 18.4. The molecular weight excluding hydrogens is 640 g/mol. The number of esters is 2. The molecule has 13 atom stereocenters. The first kappa shape index (κ1) is 42.6. The second-order valence-electron chi connectivity index (χ2n) is 18.8. The van der Waals surface area contributed by atoms with E-state index in [0.717, 1.165) is 44.9 Å². The molecule has 3 N–H and O–H groups in total. The molecule has 296 valence electrons. The molecule has 51 heavy (non-hydrogen) atoms. The zero-order valence-electron chi connectivity index (χ0n) is 33.8. The monoisotopic (exact) mass is 719 g/mol. The lowest BCUT2D eigenvalue weighted by molar-refractivity contribution is -0.178. The first-order valence-corrected chi connectivity index (χ1v) is 21.7. The van der Waals surface area contributed by atoms with Gasteiger partial charge in [-0.1, -0.05) is 126 Å². The van der Waals surface area contributed by atoms with Crippen LogP contribution in [0.5, 0.6) is 0 Å². The molecule has 0 bridgehead atoms. The van der Waals surface area contributed by atoms with Crippen LogP contribution in [0.4, 0.5) is 0 Å². The highest BCUT2D eigenvalue weighted by Gasteiger charge is 2.63. The van der Waals surface area contributed by atoms with Crippen LogP contribution < -0.4 is 0 Å². The highest BCUT2D eigenvalue weighted by atomic mass is 16.6. The van der Waals surface area contributed by atoms with Gasteiger partial charge in [0.15, 0.2) is 0 Å². The average molecular weight is 719 g/mol. The van der Waals surface area contributed by atoms with Gasteiger partial charge < -0.3 is 24.8 Å². The zero-order valence-corrected chi connectivity index (χ0v) is 33.8. The Morgan fingerprint density at radius 1 is 0.824 bits per heavy atom. The summed E-state index contributed by atoms with van der Waals surface area (Å²) in [4.78, 5) is 26.6. The number of hydrogen-bond acceptors (Lipinski definition) is 7. The molecule has 1 aliphatic heterocycles. The van der Waals surface area contributed by atoms with Crippen molar-refractivity contribution in [3.05, 3.63) is 0 Å². The number of carbonyl (C=O) groups excluding carboxylic acids is 2. The van der Waals surface area contributed by atoms with Crippen molar-refractivity contribution in [1.29, 1.82) is 0 Å². The fourth-order valence-corrected chi connectivity index (χ4v) is 11.6. The smallest absolute Gasteiger partial charge is 0.309 e. The third-order valence-electron chi connectivity index (χ3n) is 15.3. The molecule has 1 saturated heterocycles. The van der Waals surface area contributed by atoms with Gasteiger partial charge in [-0.25, -0.2) is 0 Å². The Hall–Kier alpha value is -1.18. The van der Waals surface area contributed by atoms with Crippen LogP contribution in [0.2, 0.25) is 0 Å². The summed E-state index contributed by atoms with van der Waals surface area (Å²) in [6.45, 7) is 15.5. The van der Waals surface area contributed by atoms with Crippen molar-refractivity contribution < 1.29 is 34.4 Å². The Morgan fingerprint density at radius 2 is 1.39 bits per heavy atom. The van der Waals surface area contributed by atoms with Gasteiger partial charge in [0.2, 0.25) is 0 Å². The van der Waals surface area contributed by atoms with E-state index in [1.54, 1.807) is 0 Å². The Bertz CT molecular complexity index is 1080. The van der Waals surface area contributed by atoms with Crippen LogP contribution in [0.1, 0.15) is 177 Å². The number of hydrogen-bond donors (Lipinski definition) is 3. The van der Waals surface area contributed by atoms with Gasteiger partial charge in [0.1, 0.15) is 6.10 Å². The summed E-state index contributed by atoms with van der Waals surface area (Å²) in [5.74, 6) is 0.460. The fourth-order valence-electron chi connectivity index (χ4n) is 11.6. The highest BCUT2D eigenvalue weighted by Crippen LogP contribution is 2.66. The van der Waals surface area contributed by atoms with Crippen molar-refractivity contribution >= 4 is 11.9 Å². The van der Waals surface area contributed by atoms with Crippen LogP contribution in [-0.4, -0.2) is 58.3 Å². The number of carbonyl (C=O) groups is 2. The molecule has 0 spiro atoms. The van der Waals surface area contributed by atoms with Gasteiger partial charge in [0.25, 0.3) is 0 Å². The maximum absolute atomic E-state index is 13.7. The summed E-state index contributed by atoms with van der Waals surface area (Å²) in [7, 11) is 0. The fraction of sp³-hybridized carbons (Fsp3) is 0.955. The average Bonchev–Trinajstić information content (AvgIpc) is 3.41. The van der Waals surface area contributed by atoms with Crippen molar-refractivity contribution in [2.45, 2.75) is 201 Å². The summed E-state index contributed by atoms with van der Waals surface area (Å²) < 4.78 is 12.0. The first-order chi connectivity index (χ1) is 24.3. The van der Waals surface area contributed by atoms with Crippen LogP contribution >= 0.6 is 0 Å². The van der Waals surface area contributed by atoms with E-state index in [2.05, 4.69) is 41.5 Å². The van der Waals surface area contributed by atoms with Gasteiger partial charge in [-0.15, -0.1) is 0 Å². The Morgan fingerprint density at radius 3 is 1.98 bits per heavy atom. The molecule has 4 rings (SSSR count). The minimum absolute atomic E-state index is 0.0101. The first-order valence-electron chi connectivity index (χ1n) is 21.7. The second-order valence-corrected chi connectivity index (χ2v) is 18.8. The maximum atomic E-state index is 13.7. The summed E-state index contributed by atoms with van der Waals surface area (Å²) in [6, 6.07) is 0. The maximum Gasteiger partial charge on any atom is 0.309 e. The lowest BCUT2D eigenvalue weighted by Crippen LogP contribution is -2.55. The Kier molecular flexibility index (Phi) is 16.2. The number of aliphatic hydroxyl groups excluding tert-OH is 3. The number of unbranched alkanes of at least 4 members (excludes halogenated alkanes) is 12. The summed E-state index contributed by atoms with van der Waals surface area (Å²) in [5, 5.41) is 33.8. The number of ether oxygens (including phenoxy) is 2. The molecule has 1 heterocycles. The predicted octanol–water partition coefficient (Wildman–Crippen LogP) is 9.42. The van der Waals surface area contributed by atoms with Crippen molar-refractivity contribution in [1.82, 2.24) is 0 Å². The standard InChI is InChI=1S/C44H78O7/c1-8-9-10-11-12-13-14-15-16-17-18-19-20-21-39(46)51-38-26-36-42(49)50-28-32-34-23-22-33(31(5)41(48)40(47)30(4)29(2)3)43(34,6)25-24-35(32)44(36,7)27-37(38)45/h29-38,40-41,45,47-48H,8-28H2,1-7H3/t30-,31+,32+,33-,34+,35+,36-,37-,38-,40-,41-,43-,44-/m1/s1. The van der Waals surface area contributed by atoms with Crippen molar-refractivity contribution in [3.63, 3.8) is 0 Å². The van der Waals surface area contributed by atoms with Crippen molar-refractivity contribution in [2.24, 2.45) is 58.2 Å². The predicted molar refractivity (Wildman–Crippen MR) is 204 cm³/mol. The zero-order chi connectivity index (χ0) is 37.3. The highest BCUT2D eigenvalue weighted by molar-refractivity contribution is 5.74. The third-order valence-corrected chi connectivity index (χ3v) is 15.3. The van der Waals surface area contributed by atoms with E-state index in [4.69, 9.17) is 9.47 Å². The molecule has 0 aromatic heterocycles. The molecule has 0 aromatic carbocycles. The van der Waals surface area contributed by atoms with Gasteiger partial charge in [-0.05, 0) is 90.8 Å². The largest absolute Gasteiger partial charge is 0.465 e. The van der Waals surface area contributed by atoms with Crippen LogP contribution in [0.3, 0.4) is 0 Å². The number of rotatable bonds is 20. The molecule has 0 aromatic rings. The van der Waals surface area contributed by atoms with E-state index in [-0.39, 0.29) is 52.9 Å². The van der Waals surface area contributed by atoms with E-state index in [9.17, 15) is 24.9 Å². The number of fused-ring (bicyclic) bond motifs is 5. The summed E-state index contributed by atoms with van der Waals surface area (Å²) in [5.41, 5.74) is -0.438. The van der Waals surface area contributed by atoms with Crippen LogP contribution in [-0.2, 0) is 19.1 Å². The van der Waals surface area contributed by atoms with Gasteiger partial charge in [0.05, 0.1) is 30.8 Å². The molecule has 0 unspecified atom stereocenters. The van der Waals surface area contributed by atoms with Gasteiger partial charge in [-0.2, -0.15) is 0 Å². The second kappa shape index (κ2) is 19.4. The molecule has 0 amide bonds. The minimum atomic E-state index is -0.794. The van der Waals surface area contributed by atoms with Gasteiger partial charge in [-0.3, -0.25) is 9.59 Å². The molecule has 4 fully saturated rings. The molecule has 3 saturated carbocycles. The SMILES string of the molecule is CCCCCCCCCCCCCCCC(=O)O[C@@H]1C[C@@H]2C(=O)OC[C@@H]3[C@H](CC[C@]4(C)[C@@H]([C@H](C)[C@@H](O)[C@H](O)[C@H](C)C(C)C)CC[C@@H]34)[C@@]2(C)C[C@H]1O. The summed E-state index contributed by atoms with van der Waals surface area (Å²) >= 11 is 0. The van der Waals surface area contributed by atoms with Crippen molar-refractivity contribution in [2.75, 3.05) is 6.61 Å². The van der Waals surface area contributed by atoms with Crippen molar-refractivity contribution in [3.8, 4) is 0 Å². The molecule has 3 aliphatic carbocycles. The van der Waals surface area contributed by atoms with Crippen LogP contribution in [0.15, 0.2) is 0 Å². The Balaban J connectivity index is 1.26. The van der Waals surface area contributed by atoms with E-state index in [1.165, 1.54) is 64.2 Å². The molecule has 0 radical (unpaired) electrons. The van der Waals surface area contributed by atoms with Crippen LogP contribution in [0, 0.1) is 58.2 Å². The van der Waals surface area contributed by atoms with E-state index >= 15 is 0 Å². The molecule has 7 heteroatoms. The van der Waals surface area contributed by atoms with E-state index < -0.39 is 35.7 Å².